The van der Waals surface area contributed by atoms with E-state index in [0.717, 1.165) is 0 Å². The fourth-order valence-corrected chi connectivity index (χ4v) is 2.27. The smallest absolute Gasteiger partial charge is 0.323 e. The molecule has 22 heavy (non-hydrogen) atoms. The molecule has 9 nitrogen and oxygen atoms in total. The Balaban J connectivity index is 1.66. The van der Waals surface area contributed by atoms with Crippen LogP contribution in [0.4, 0.5) is 0 Å². The first kappa shape index (κ1) is 13.8. The van der Waals surface area contributed by atoms with Crippen LogP contribution in [-0.4, -0.2) is 49.9 Å². The molecule has 1 saturated heterocycles. The Hall–Kier alpha value is -3.15. The zero-order valence-electron chi connectivity index (χ0n) is 11.4. The van der Waals surface area contributed by atoms with Crippen molar-refractivity contribution < 1.29 is 9.53 Å². The molecule has 1 aliphatic heterocycles. The van der Waals surface area contributed by atoms with Crippen molar-refractivity contribution in [1.29, 1.82) is 5.26 Å². The summed E-state index contributed by atoms with van der Waals surface area (Å²) in [4.78, 5) is 37.5. The third kappa shape index (κ3) is 2.67. The van der Waals surface area contributed by atoms with E-state index >= 15 is 0 Å². The summed E-state index contributed by atoms with van der Waals surface area (Å²) in [5.74, 6) is -0.108. The third-order valence-electron chi connectivity index (χ3n) is 3.31. The van der Waals surface area contributed by atoms with Gasteiger partial charge in [-0.05, 0) is 0 Å². The molecule has 1 fully saturated rings. The largest absolute Gasteiger partial charge is 0.470 e. The Morgan fingerprint density at radius 3 is 3.00 bits per heavy atom. The Morgan fingerprint density at radius 1 is 1.45 bits per heavy atom. The van der Waals surface area contributed by atoms with Gasteiger partial charge in [0.05, 0.1) is 6.54 Å². The number of amides is 1. The SMILES string of the molecule is N#Cc1nccnc1O[C@H]1CCN(C(=O)c2c[nH]c(=O)[nH]2)C1. The second-order valence-electron chi connectivity index (χ2n) is 4.76. The van der Waals surface area contributed by atoms with Gasteiger partial charge in [-0.25, -0.2) is 14.8 Å². The average Bonchev–Trinajstić information content (AvgIpc) is 3.16. The van der Waals surface area contributed by atoms with Gasteiger partial charge in [0.15, 0.2) is 0 Å². The first-order valence-electron chi connectivity index (χ1n) is 6.62. The van der Waals surface area contributed by atoms with E-state index in [4.69, 9.17) is 10.00 Å². The molecule has 0 saturated carbocycles. The molecular weight excluding hydrogens is 288 g/mol. The lowest BCUT2D eigenvalue weighted by atomic mass is 10.3. The molecule has 2 aromatic heterocycles. The number of hydrogen-bond acceptors (Lipinski definition) is 6. The quantitative estimate of drug-likeness (QED) is 0.798. The number of rotatable bonds is 3. The number of nitriles is 1. The fourth-order valence-electron chi connectivity index (χ4n) is 2.27. The van der Waals surface area contributed by atoms with Crippen LogP contribution < -0.4 is 10.4 Å². The van der Waals surface area contributed by atoms with Gasteiger partial charge in [-0.1, -0.05) is 0 Å². The number of carbonyl (C=O) groups is 1. The highest BCUT2D eigenvalue weighted by Gasteiger charge is 2.29. The lowest BCUT2D eigenvalue weighted by molar-refractivity contribution is 0.0765. The van der Waals surface area contributed by atoms with Gasteiger partial charge in [0.1, 0.15) is 17.9 Å². The van der Waals surface area contributed by atoms with Gasteiger partial charge in [0.25, 0.3) is 11.8 Å². The first-order valence-corrected chi connectivity index (χ1v) is 6.62. The second-order valence-corrected chi connectivity index (χ2v) is 4.76. The molecule has 2 aromatic rings. The van der Waals surface area contributed by atoms with Gasteiger partial charge in [0.2, 0.25) is 5.69 Å². The summed E-state index contributed by atoms with van der Waals surface area (Å²) < 4.78 is 5.65. The molecule has 0 bridgehead atoms. The Morgan fingerprint density at radius 2 is 2.27 bits per heavy atom. The lowest BCUT2D eigenvalue weighted by Gasteiger charge is -2.16. The van der Waals surface area contributed by atoms with Crippen LogP contribution >= 0.6 is 0 Å². The maximum Gasteiger partial charge on any atom is 0.323 e. The average molecular weight is 300 g/mol. The Bertz CT molecular complexity index is 789. The number of nitrogens with zero attached hydrogens (tertiary/aromatic N) is 4. The molecule has 0 unspecified atom stereocenters. The molecule has 9 heteroatoms. The van der Waals surface area contributed by atoms with Crippen molar-refractivity contribution in [3.05, 3.63) is 40.5 Å². The van der Waals surface area contributed by atoms with E-state index in [1.165, 1.54) is 18.6 Å². The van der Waals surface area contributed by atoms with Crippen molar-refractivity contribution in [2.75, 3.05) is 13.1 Å². The second kappa shape index (κ2) is 5.69. The minimum Gasteiger partial charge on any atom is -0.470 e. The van der Waals surface area contributed by atoms with Gasteiger partial charge in [-0.2, -0.15) is 5.26 Å². The summed E-state index contributed by atoms with van der Waals surface area (Å²) in [7, 11) is 0. The third-order valence-corrected chi connectivity index (χ3v) is 3.31. The number of H-pyrrole nitrogens is 2. The molecule has 0 aromatic carbocycles. The number of nitrogens with one attached hydrogen (secondary N) is 2. The normalized spacial score (nSPS) is 17.2. The lowest BCUT2D eigenvalue weighted by Crippen LogP contribution is -2.31. The van der Waals surface area contributed by atoms with Gasteiger partial charge >= 0.3 is 5.69 Å². The van der Waals surface area contributed by atoms with E-state index in [0.29, 0.717) is 19.5 Å². The zero-order chi connectivity index (χ0) is 15.5. The summed E-state index contributed by atoms with van der Waals surface area (Å²) in [6, 6.07) is 1.91. The molecule has 0 radical (unpaired) electrons. The van der Waals surface area contributed by atoms with E-state index in [2.05, 4.69) is 19.9 Å². The molecule has 0 spiro atoms. The number of aromatic nitrogens is 4. The van der Waals surface area contributed by atoms with Crippen molar-refractivity contribution in [3.8, 4) is 11.9 Å². The highest BCUT2D eigenvalue weighted by molar-refractivity contribution is 5.92. The van der Waals surface area contributed by atoms with Crippen LogP contribution in [0.1, 0.15) is 22.6 Å². The van der Waals surface area contributed by atoms with Crippen LogP contribution in [0.2, 0.25) is 0 Å². The van der Waals surface area contributed by atoms with E-state index in [-0.39, 0.29) is 29.3 Å². The molecule has 1 amide bonds. The van der Waals surface area contributed by atoms with Crippen LogP contribution in [0.15, 0.2) is 23.4 Å². The van der Waals surface area contributed by atoms with Crippen molar-refractivity contribution in [1.82, 2.24) is 24.8 Å². The minimum absolute atomic E-state index is 0.113. The number of likely N-dealkylation sites (tertiary alicyclic amines) is 1. The van der Waals surface area contributed by atoms with Crippen LogP contribution in [0.5, 0.6) is 5.88 Å². The predicted molar refractivity (Wildman–Crippen MR) is 73.1 cm³/mol. The molecule has 1 atom stereocenters. The predicted octanol–water partition coefficient (Wildman–Crippen LogP) is -0.342. The van der Waals surface area contributed by atoms with E-state index < -0.39 is 5.69 Å². The topological polar surface area (TPSA) is 128 Å². The maximum absolute atomic E-state index is 12.2. The zero-order valence-corrected chi connectivity index (χ0v) is 11.4. The maximum atomic E-state index is 12.2. The Kier molecular flexibility index (Phi) is 3.57. The minimum atomic E-state index is -0.423. The Labute approximate surface area is 124 Å². The summed E-state index contributed by atoms with van der Waals surface area (Å²) in [6.07, 6.45) is 4.55. The molecule has 112 valence electrons. The number of hydrogen-bond donors (Lipinski definition) is 2. The number of aromatic amines is 2. The summed E-state index contributed by atoms with van der Waals surface area (Å²) in [5, 5.41) is 8.95. The van der Waals surface area contributed by atoms with E-state index in [9.17, 15) is 9.59 Å². The molecule has 0 aliphatic carbocycles. The standard InChI is InChI=1S/C13H12N6O3/c14-5-9-11(16-3-2-15-9)22-8-1-4-19(7-8)12(20)10-6-17-13(21)18-10/h2-3,6,8H,1,4,7H2,(H2,17,18,21)/t8-/m0/s1. The molecular formula is C13H12N6O3. The summed E-state index contributed by atoms with van der Waals surface area (Å²) in [6.45, 7) is 0.854. The van der Waals surface area contributed by atoms with Gasteiger partial charge in [0, 0.05) is 31.6 Å². The van der Waals surface area contributed by atoms with E-state index in [1.807, 2.05) is 6.07 Å². The summed E-state index contributed by atoms with van der Waals surface area (Å²) in [5.41, 5.74) is -0.0984. The first-order chi connectivity index (χ1) is 10.7. The van der Waals surface area contributed by atoms with Gasteiger partial charge < -0.3 is 19.6 Å². The highest BCUT2D eigenvalue weighted by Crippen LogP contribution is 2.19. The molecule has 3 rings (SSSR count). The van der Waals surface area contributed by atoms with Crippen molar-refractivity contribution in [2.24, 2.45) is 0 Å². The number of imidazole rings is 1. The van der Waals surface area contributed by atoms with Crippen LogP contribution in [0.3, 0.4) is 0 Å². The van der Waals surface area contributed by atoms with Crippen LogP contribution in [0, 0.1) is 11.3 Å². The van der Waals surface area contributed by atoms with Crippen molar-refractivity contribution >= 4 is 5.91 Å². The number of carbonyl (C=O) groups excluding carboxylic acids is 1. The molecule has 2 N–H and O–H groups in total. The van der Waals surface area contributed by atoms with Crippen molar-refractivity contribution in [3.63, 3.8) is 0 Å². The van der Waals surface area contributed by atoms with Crippen LogP contribution in [0.25, 0.3) is 0 Å². The fraction of sp³-hybridized carbons (Fsp3) is 0.308. The molecule has 1 aliphatic rings. The van der Waals surface area contributed by atoms with Crippen molar-refractivity contribution in [2.45, 2.75) is 12.5 Å². The van der Waals surface area contributed by atoms with E-state index in [1.54, 1.807) is 4.90 Å². The monoisotopic (exact) mass is 300 g/mol. The van der Waals surface area contributed by atoms with Gasteiger partial charge in [-0.3, -0.25) is 4.79 Å². The van der Waals surface area contributed by atoms with Crippen LogP contribution in [-0.2, 0) is 0 Å². The molecule has 3 heterocycles. The van der Waals surface area contributed by atoms with Gasteiger partial charge in [-0.15, -0.1) is 0 Å². The number of ether oxygens (including phenoxy) is 1. The highest BCUT2D eigenvalue weighted by atomic mass is 16.5. The summed E-state index contributed by atoms with van der Waals surface area (Å²) >= 11 is 0.